The number of esters is 1. The summed E-state index contributed by atoms with van der Waals surface area (Å²) in [7, 11) is -4.43. The van der Waals surface area contributed by atoms with Crippen molar-refractivity contribution >= 4 is 33.6 Å². The smallest absolute Gasteiger partial charge is 0.302 e. The molecule has 2 atom stereocenters. The molecule has 3 N–H and O–H groups in total. The largest absolute Gasteiger partial charge is 0.465 e. The molecule has 2 amide bonds. The summed E-state index contributed by atoms with van der Waals surface area (Å²) >= 11 is 0. The predicted molar refractivity (Wildman–Crippen MR) is 120 cm³/mol. The van der Waals surface area contributed by atoms with Crippen molar-refractivity contribution in [2.45, 2.75) is 30.4 Å². The van der Waals surface area contributed by atoms with E-state index in [1.165, 1.54) is 36.1 Å². The molecule has 2 unspecified atom stereocenters. The first kappa shape index (κ1) is 23.6. The average molecular weight is 487 g/mol. The van der Waals surface area contributed by atoms with Gasteiger partial charge in [-0.25, -0.2) is 0 Å². The number of hydrogen-bond acceptors (Lipinski definition) is 7. The van der Waals surface area contributed by atoms with E-state index < -0.39 is 28.2 Å². The van der Waals surface area contributed by atoms with E-state index in [0.717, 1.165) is 16.7 Å². The lowest BCUT2D eigenvalue weighted by atomic mass is 9.97. The van der Waals surface area contributed by atoms with Crippen molar-refractivity contribution < 1.29 is 37.2 Å². The third-order valence-corrected chi connectivity index (χ3v) is 6.59. The van der Waals surface area contributed by atoms with Crippen molar-refractivity contribution in [1.29, 1.82) is 0 Å². The minimum Gasteiger partial charge on any atom is -0.465 e. The zero-order valence-electron chi connectivity index (χ0n) is 18.1. The van der Waals surface area contributed by atoms with Gasteiger partial charge in [-0.2, -0.15) is 8.42 Å². The van der Waals surface area contributed by atoms with Gasteiger partial charge in [0.1, 0.15) is 12.8 Å². The van der Waals surface area contributed by atoms with E-state index in [-0.39, 0.29) is 36.3 Å². The van der Waals surface area contributed by atoms with Gasteiger partial charge in [0.05, 0.1) is 4.90 Å². The van der Waals surface area contributed by atoms with E-state index in [4.69, 9.17) is 4.74 Å². The number of carbonyl (C=O) groups is 3. The Morgan fingerprint density at radius 1 is 1.12 bits per heavy atom. The Labute approximate surface area is 195 Å². The highest BCUT2D eigenvalue weighted by atomic mass is 32.2. The summed E-state index contributed by atoms with van der Waals surface area (Å²) in [5, 5.41) is 12.5. The van der Waals surface area contributed by atoms with E-state index in [2.05, 4.69) is 5.32 Å². The normalized spacial score (nSPS) is 18.6. The molecule has 2 aromatic carbocycles. The molecule has 0 aromatic heterocycles. The molecular formula is C23H22N2O8S. The Morgan fingerprint density at radius 2 is 1.79 bits per heavy atom. The molecule has 0 bridgehead atoms. The minimum atomic E-state index is -4.43. The van der Waals surface area contributed by atoms with Gasteiger partial charge in [0.2, 0.25) is 11.8 Å². The van der Waals surface area contributed by atoms with E-state index in [0.29, 0.717) is 11.3 Å². The lowest BCUT2D eigenvalue weighted by Crippen LogP contribution is -2.36. The van der Waals surface area contributed by atoms with Crippen molar-refractivity contribution in [2.24, 2.45) is 0 Å². The van der Waals surface area contributed by atoms with Crippen LogP contribution in [-0.4, -0.2) is 60.1 Å². The summed E-state index contributed by atoms with van der Waals surface area (Å²) in [5.41, 5.74) is 3.26. The number of nitrogens with zero attached hydrogens (tertiary/aromatic N) is 1. The number of ether oxygens (including phenoxy) is 1. The van der Waals surface area contributed by atoms with Gasteiger partial charge in [-0.3, -0.25) is 18.9 Å². The second kappa shape index (κ2) is 9.01. The number of carbonyl (C=O) groups excluding carboxylic acids is 3. The highest BCUT2D eigenvalue weighted by Crippen LogP contribution is 2.46. The molecule has 34 heavy (non-hydrogen) atoms. The zero-order chi connectivity index (χ0) is 24.6. The van der Waals surface area contributed by atoms with Gasteiger partial charge in [-0.05, 0) is 52.6 Å². The molecule has 4 rings (SSSR count). The lowest BCUT2D eigenvalue weighted by Gasteiger charge is -2.20. The Kier molecular flexibility index (Phi) is 6.26. The standard InChI is InChI=1S/C23H22N2O8S/c1-13(26)33-12-20-18-10-14(24-21(27)8-9-25-22(28)6-7-23(25)29)2-4-16(18)17-5-3-15(11-19(17)20)34(30,31)32/h2-7,10-11,20,22,28H,8-9,12H2,1H3,(H,24,27)(H,30,31,32). The molecule has 2 aliphatic rings. The van der Waals surface area contributed by atoms with Crippen LogP contribution in [0.1, 0.15) is 30.4 Å². The van der Waals surface area contributed by atoms with Crippen molar-refractivity contribution in [3.05, 3.63) is 59.7 Å². The maximum atomic E-state index is 12.4. The van der Waals surface area contributed by atoms with Gasteiger partial charge >= 0.3 is 5.97 Å². The van der Waals surface area contributed by atoms with Crippen LogP contribution in [0.3, 0.4) is 0 Å². The SMILES string of the molecule is CC(=O)OCC1c2cc(NC(=O)CCN3C(=O)C=CC3O)ccc2-c2ccc(S(=O)(=O)O)cc21. The van der Waals surface area contributed by atoms with E-state index >= 15 is 0 Å². The number of anilines is 1. The quantitative estimate of drug-likeness (QED) is 0.395. The summed E-state index contributed by atoms with van der Waals surface area (Å²) < 4.78 is 37.9. The number of fused-ring (bicyclic) bond motifs is 3. The third kappa shape index (κ3) is 4.72. The van der Waals surface area contributed by atoms with Crippen LogP contribution in [0.25, 0.3) is 11.1 Å². The molecule has 11 heteroatoms. The van der Waals surface area contributed by atoms with Gasteiger partial charge in [0, 0.05) is 37.6 Å². The topological polar surface area (TPSA) is 150 Å². The summed E-state index contributed by atoms with van der Waals surface area (Å²) in [4.78, 5) is 36.4. The fourth-order valence-corrected chi connectivity index (χ4v) is 4.66. The van der Waals surface area contributed by atoms with Crippen LogP contribution >= 0.6 is 0 Å². The first-order valence-corrected chi connectivity index (χ1v) is 11.8. The third-order valence-electron chi connectivity index (χ3n) is 5.74. The fourth-order valence-electron chi connectivity index (χ4n) is 4.14. The summed E-state index contributed by atoms with van der Waals surface area (Å²) in [5.74, 6) is -1.74. The lowest BCUT2D eigenvalue weighted by molar-refractivity contribution is -0.141. The van der Waals surface area contributed by atoms with Gasteiger partial charge in [-0.15, -0.1) is 0 Å². The summed E-state index contributed by atoms with van der Waals surface area (Å²) in [6.45, 7) is 1.26. The van der Waals surface area contributed by atoms with E-state index in [9.17, 15) is 32.5 Å². The molecule has 1 aliphatic heterocycles. The Bertz CT molecular complexity index is 1320. The Hall–Kier alpha value is -3.54. The molecule has 0 radical (unpaired) electrons. The van der Waals surface area contributed by atoms with E-state index in [1.807, 2.05) is 0 Å². The van der Waals surface area contributed by atoms with Gasteiger partial charge in [-0.1, -0.05) is 12.1 Å². The van der Waals surface area contributed by atoms with Crippen LogP contribution in [0.15, 0.2) is 53.4 Å². The molecule has 0 saturated heterocycles. The molecule has 0 fully saturated rings. The number of rotatable bonds is 7. The number of amides is 2. The van der Waals surface area contributed by atoms with Crippen LogP contribution in [0.4, 0.5) is 5.69 Å². The van der Waals surface area contributed by atoms with Crippen molar-refractivity contribution in [1.82, 2.24) is 4.90 Å². The van der Waals surface area contributed by atoms with Crippen LogP contribution in [0, 0.1) is 0 Å². The Balaban J connectivity index is 1.56. The van der Waals surface area contributed by atoms with Crippen LogP contribution < -0.4 is 5.32 Å². The number of hydrogen-bond donors (Lipinski definition) is 3. The Morgan fingerprint density at radius 3 is 2.41 bits per heavy atom. The molecule has 1 heterocycles. The molecule has 2 aromatic rings. The van der Waals surface area contributed by atoms with Crippen LogP contribution in [0.5, 0.6) is 0 Å². The van der Waals surface area contributed by atoms with Crippen molar-refractivity contribution in [3.63, 3.8) is 0 Å². The second-order valence-electron chi connectivity index (χ2n) is 7.98. The molecule has 0 spiro atoms. The fraction of sp³-hybridized carbons (Fsp3) is 0.261. The van der Waals surface area contributed by atoms with E-state index in [1.54, 1.807) is 24.3 Å². The molecule has 10 nitrogen and oxygen atoms in total. The zero-order valence-corrected chi connectivity index (χ0v) is 18.9. The molecular weight excluding hydrogens is 464 g/mol. The highest BCUT2D eigenvalue weighted by molar-refractivity contribution is 7.85. The number of aliphatic hydroxyl groups is 1. The molecule has 1 aliphatic carbocycles. The monoisotopic (exact) mass is 486 g/mol. The second-order valence-corrected chi connectivity index (χ2v) is 9.41. The highest BCUT2D eigenvalue weighted by Gasteiger charge is 2.31. The van der Waals surface area contributed by atoms with Crippen molar-refractivity contribution in [2.75, 3.05) is 18.5 Å². The molecule has 0 saturated carbocycles. The number of nitrogens with one attached hydrogen (secondary N) is 1. The first-order valence-electron chi connectivity index (χ1n) is 10.4. The van der Waals surface area contributed by atoms with Gasteiger partial charge in [0.25, 0.3) is 10.1 Å². The van der Waals surface area contributed by atoms with Crippen LogP contribution in [0.2, 0.25) is 0 Å². The van der Waals surface area contributed by atoms with Gasteiger partial charge < -0.3 is 20.1 Å². The average Bonchev–Trinajstić information content (AvgIpc) is 3.25. The van der Waals surface area contributed by atoms with Crippen LogP contribution in [-0.2, 0) is 29.2 Å². The molecule has 178 valence electrons. The van der Waals surface area contributed by atoms with Crippen molar-refractivity contribution in [3.8, 4) is 11.1 Å². The summed E-state index contributed by atoms with van der Waals surface area (Å²) in [6, 6.07) is 9.39. The summed E-state index contributed by atoms with van der Waals surface area (Å²) in [6.07, 6.45) is 1.51. The maximum absolute atomic E-state index is 12.4. The number of benzene rings is 2. The number of aliphatic hydroxyl groups excluding tert-OH is 1. The first-order chi connectivity index (χ1) is 16.0. The maximum Gasteiger partial charge on any atom is 0.302 e. The minimum absolute atomic E-state index is 0.0314. The van der Waals surface area contributed by atoms with Gasteiger partial charge in [0.15, 0.2) is 0 Å². The predicted octanol–water partition coefficient (Wildman–Crippen LogP) is 1.65.